The first-order chi connectivity index (χ1) is 6.70. The highest BCUT2D eigenvalue weighted by atomic mass is 28.4. The first-order valence-electron chi connectivity index (χ1n) is 5.15. The minimum Gasteiger partial charge on any atom is -0.417 e. The van der Waals surface area contributed by atoms with Crippen LogP contribution in [0.15, 0.2) is 11.9 Å². The van der Waals surface area contributed by atoms with Crippen molar-refractivity contribution in [3.8, 4) is 0 Å². The van der Waals surface area contributed by atoms with Crippen LogP contribution in [0, 0.1) is 0 Å². The molecule has 0 fully saturated rings. The number of hydrogen-bond donors (Lipinski definition) is 0. The van der Waals surface area contributed by atoms with Crippen molar-refractivity contribution >= 4 is 14.6 Å². The summed E-state index contributed by atoms with van der Waals surface area (Å²) >= 11 is 0. The zero-order chi connectivity index (χ0) is 12.1. The normalized spacial score (nSPS) is 14.1. The van der Waals surface area contributed by atoms with Gasteiger partial charge < -0.3 is 4.43 Å². The Kier molecular flexibility index (Phi) is 5.38. The van der Waals surface area contributed by atoms with Crippen molar-refractivity contribution in [1.29, 1.82) is 0 Å². The second-order valence-corrected chi connectivity index (χ2v) is 9.91. The molecule has 0 N–H and O–H groups in total. The van der Waals surface area contributed by atoms with E-state index < -0.39 is 14.1 Å². The molecule has 0 saturated carbocycles. The number of carbonyl (C=O) groups is 1. The van der Waals surface area contributed by atoms with E-state index in [0.29, 0.717) is 13.0 Å². The first-order valence-corrected chi connectivity index (χ1v) is 8.06. The maximum Gasteiger partial charge on any atom is 0.191 e. The Balaban J connectivity index is 4.02. The Hall–Kier alpha value is -0.483. The van der Waals surface area contributed by atoms with Gasteiger partial charge in [-0.15, -0.1) is 0 Å². The Bertz CT molecular complexity index is 241. The lowest BCUT2D eigenvalue weighted by atomic mass is 10.2. The third-order valence-corrected chi connectivity index (χ3v) is 7.38. The molecule has 4 heteroatoms. The van der Waals surface area contributed by atoms with Gasteiger partial charge in [-0.2, -0.15) is 0 Å². The molecule has 0 atom stereocenters. The summed E-state index contributed by atoms with van der Waals surface area (Å²) in [5.74, 6) is -0.714. The molecule has 0 bridgehead atoms. The van der Waals surface area contributed by atoms with E-state index >= 15 is 0 Å². The highest BCUT2D eigenvalue weighted by Gasteiger charge is 2.36. The summed E-state index contributed by atoms with van der Waals surface area (Å²) in [6.45, 7) is 11.2. The van der Waals surface area contributed by atoms with Crippen molar-refractivity contribution in [1.82, 2.24) is 0 Å². The Morgan fingerprint density at radius 3 is 2.33 bits per heavy atom. The molecule has 0 aliphatic rings. The summed E-state index contributed by atoms with van der Waals surface area (Å²) in [6, 6.07) is 0. The number of rotatable bonds is 5. The Labute approximate surface area is 92.6 Å². The average molecular weight is 232 g/mol. The molecule has 0 aromatic rings. The highest BCUT2D eigenvalue weighted by molar-refractivity contribution is 6.74. The van der Waals surface area contributed by atoms with Crippen LogP contribution in [0.2, 0.25) is 18.1 Å². The van der Waals surface area contributed by atoms with E-state index in [9.17, 15) is 9.18 Å². The molecule has 0 amide bonds. The van der Waals surface area contributed by atoms with Gasteiger partial charge in [0.15, 0.2) is 20.4 Å². The summed E-state index contributed by atoms with van der Waals surface area (Å²) in [6.07, 6.45) is 1.93. The maximum atomic E-state index is 12.4. The van der Waals surface area contributed by atoms with Crippen molar-refractivity contribution in [3.05, 3.63) is 11.9 Å². The third-order valence-electron chi connectivity index (χ3n) is 2.84. The smallest absolute Gasteiger partial charge is 0.191 e. The quantitative estimate of drug-likeness (QED) is 0.314. The van der Waals surface area contributed by atoms with E-state index in [0.717, 1.165) is 0 Å². The SMILES string of the molecule is CC(C)(C)[Si](C)(C)OCCC=C(F)C=O. The lowest BCUT2D eigenvalue weighted by molar-refractivity contribution is -0.106. The number of halogens is 1. The van der Waals surface area contributed by atoms with Crippen molar-refractivity contribution in [2.45, 2.75) is 45.3 Å². The number of carbonyl (C=O) groups excluding carboxylic acids is 1. The van der Waals surface area contributed by atoms with Crippen LogP contribution in [-0.4, -0.2) is 21.2 Å². The van der Waals surface area contributed by atoms with Crippen LogP contribution in [-0.2, 0) is 9.22 Å². The molecule has 0 radical (unpaired) electrons. The molecule has 15 heavy (non-hydrogen) atoms. The van der Waals surface area contributed by atoms with E-state index in [1.54, 1.807) is 0 Å². The second kappa shape index (κ2) is 5.56. The monoisotopic (exact) mass is 232 g/mol. The highest BCUT2D eigenvalue weighted by Crippen LogP contribution is 2.36. The minimum absolute atomic E-state index is 0.167. The summed E-state index contributed by atoms with van der Waals surface area (Å²) in [4.78, 5) is 9.98. The molecule has 2 nitrogen and oxygen atoms in total. The van der Waals surface area contributed by atoms with E-state index in [1.807, 2.05) is 0 Å². The van der Waals surface area contributed by atoms with Crippen LogP contribution in [0.25, 0.3) is 0 Å². The number of hydrogen-bond acceptors (Lipinski definition) is 2. The zero-order valence-corrected chi connectivity index (χ0v) is 11.3. The van der Waals surface area contributed by atoms with Gasteiger partial charge in [-0.1, -0.05) is 20.8 Å². The molecule has 0 saturated heterocycles. The molecular weight excluding hydrogens is 211 g/mol. The van der Waals surface area contributed by atoms with Gasteiger partial charge in [0.05, 0.1) is 0 Å². The van der Waals surface area contributed by atoms with E-state index in [1.165, 1.54) is 6.08 Å². The van der Waals surface area contributed by atoms with Gasteiger partial charge in [0.1, 0.15) is 0 Å². The third kappa shape index (κ3) is 5.23. The van der Waals surface area contributed by atoms with Crippen molar-refractivity contribution in [2.24, 2.45) is 0 Å². The van der Waals surface area contributed by atoms with Crippen LogP contribution < -0.4 is 0 Å². The molecule has 0 unspecified atom stereocenters. The van der Waals surface area contributed by atoms with Crippen LogP contribution in [0.5, 0.6) is 0 Å². The fraction of sp³-hybridized carbons (Fsp3) is 0.727. The standard InChI is InChI=1S/C11H21FO2Si/c1-11(2,3)15(4,5)14-8-6-7-10(12)9-13/h7,9H,6,8H2,1-5H3. The molecule has 0 spiro atoms. The summed E-state index contributed by atoms with van der Waals surface area (Å²) < 4.78 is 18.2. The largest absolute Gasteiger partial charge is 0.417 e. The molecule has 0 aromatic heterocycles. The summed E-state index contributed by atoms with van der Waals surface area (Å²) in [7, 11) is -1.73. The molecule has 0 heterocycles. The van der Waals surface area contributed by atoms with E-state index in [2.05, 4.69) is 33.9 Å². The molecule has 0 rings (SSSR count). The van der Waals surface area contributed by atoms with Gasteiger partial charge in [0.25, 0.3) is 0 Å². The van der Waals surface area contributed by atoms with Crippen molar-refractivity contribution < 1.29 is 13.6 Å². The molecule has 88 valence electrons. The first kappa shape index (κ1) is 14.5. The molecule has 0 aromatic carbocycles. The molecule has 0 aliphatic heterocycles. The van der Waals surface area contributed by atoms with Crippen molar-refractivity contribution in [2.75, 3.05) is 6.61 Å². The van der Waals surface area contributed by atoms with Crippen LogP contribution in [0.1, 0.15) is 27.2 Å². The fourth-order valence-electron chi connectivity index (χ4n) is 0.776. The topological polar surface area (TPSA) is 26.3 Å². The van der Waals surface area contributed by atoms with Crippen molar-refractivity contribution in [3.63, 3.8) is 0 Å². The Morgan fingerprint density at radius 1 is 1.40 bits per heavy atom. The molecule has 0 aliphatic carbocycles. The van der Waals surface area contributed by atoms with Crippen LogP contribution in [0.4, 0.5) is 4.39 Å². The predicted molar refractivity (Wildman–Crippen MR) is 63.0 cm³/mol. The predicted octanol–water partition coefficient (Wildman–Crippen LogP) is 3.45. The minimum atomic E-state index is -1.73. The van der Waals surface area contributed by atoms with E-state index in [-0.39, 0.29) is 11.3 Å². The fourth-order valence-corrected chi connectivity index (χ4v) is 1.84. The maximum absolute atomic E-state index is 12.4. The average Bonchev–Trinajstić information content (AvgIpc) is 2.10. The van der Waals surface area contributed by atoms with Gasteiger partial charge in [0, 0.05) is 6.61 Å². The van der Waals surface area contributed by atoms with Gasteiger partial charge >= 0.3 is 0 Å². The van der Waals surface area contributed by atoms with Gasteiger partial charge in [-0.25, -0.2) is 4.39 Å². The second-order valence-electron chi connectivity index (χ2n) is 5.10. The van der Waals surface area contributed by atoms with Crippen LogP contribution >= 0.6 is 0 Å². The lowest BCUT2D eigenvalue weighted by Gasteiger charge is -2.36. The lowest BCUT2D eigenvalue weighted by Crippen LogP contribution is -2.40. The van der Waals surface area contributed by atoms with Gasteiger partial charge in [-0.05, 0) is 30.6 Å². The number of aldehydes is 1. The van der Waals surface area contributed by atoms with Gasteiger partial charge in [0.2, 0.25) is 0 Å². The molecular formula is C11H21FO2Si. The van der Waals surface area contributed by atoms with E-state index in [4.69, 9.17) is 4.43 Å². The van der Waals surface area contributed by atoms with Crippen LogP contribution in [0.3, 0.4) is 0 Å². The van der Waals surface area contributed by atoms with Gasteiger partial charge in [-0.3, -0.25) is 4.79 Å². The number of allylic oxidation sites excluding steroid dienone is 1. The zero-order valence-electron chi connectivity index (χ0n) is 10.3. The summed E-state index contributed by atoms with van der Waals surface area (Å²) in [5, 5.41) is 0.167. The Morgan fingerprint density at radius 2 is 1.93 bits per heavy atom. The summed E-state index contributed by atoms with van der Waals surface area (Å²) in [5.41, 5.74) is 0.